The predicted octanol–water partition coefficient (Wildman–Crippen LogP) is 4.24. The van der Waals surface area contributed by atoms with Crippen LogP contribution in [0.4, 0.5) is 0 Å². The van der Waals surface area contributed by atoms with Gasteiger partial charge in [0, 0.05) is 30.3 Å². The summed E-state index contributed by atoms with van der Waals surface area (Å²) in [4.78, 5) is 12.8. The number of aromatic nitrogens is 5. The minimum Gasteiger partial charge on any atom is -0.345 e. The fourth-order valence-corrected chi connectivity index (χ4v) is 4.38. The third-order valence-corrected chi connectivity index (χ3v) is 6.09. The number of amides is 1. The van der Waals surface area contributed by atoms with Crippen LogP contribution >= 0.6 is 11.8 Å². The average Bonchev–Trinajstić information content (AvgIpc) is 3.47. The highest BCUT2D eigenvalue weighted by Crippen LogP contribution is 2.22. The lowest BCUT2D eigenvalue weighted by Gasteiger charge is -2.10. The fraction of sp³-hybridized carbons (Fsp3) is 0.200. The van der Waals surface area contributed by atoms with Gasteiger partial charge in [0.2, 0.25) is 0 Å². The van der Waals surface area contributed by atoms with Gasteiger partial charge in [-0.05, 0) is 36.2 Å². The van der Waals surface area contributed by atoms with Crippen LogP contribution < -0.4 is 5.32 Å². The van der Waals surface area contributed by atoms with E-state index in [0.29, 0.717) is 24.5 Å². The third kappa shape index (κ3) is 5.98. The Bertz CT molecular complexity index is 1230. The zero-order valence-corrected chi connectivity index (χ0v) is 19.3. The molecule has 4 rings (SSSR count). The van der Waals surface area contributed by atoms with Gasteiger partial charge in [0.25, 0.3) is 5.91 Å². The molecule has 0 saturated heterocycles. The minimum absolute atomic E-state index is 0.153. The van der Waals surface area contributed by atoms with Crippen LogP contribution in [0.25, 0.3) is 0 Å². The number of allylic oxidation sites excluding steroid dienone is 1. The van der Waals surface area contributed by atoms with Crippen molar-refractivity contribution in [3.05, 3.63) is 108 Å². The molecule has 2 aromatic heterocycles. The van der Waals surface area contributed by atoms with Crippen molar-refractivity contribution in [1.82, 2.24) is 29.9 Å². The van der Waals surface area contributed by atoms with Gasteiger partial charge in [-0.1, -0.05) is 59.8 Å². The smallest absolute Gasteiger partial charge is 0.251 e. The summed E-state index contributed by atoms with van der Waals surface area (Å²) in [7, 11) is 0. The molecule has 0 saturated carbocycles. The molecule has 2 aromatic carbocycles. The standard InChI is InChI=1S/C25H26N6OS/c1-3-12-31-23(28-29-25(31)33-18-21-9-4-7-19(2)14-21)16-26-24(32)22-10-5-8-20(15-22)17-30-13-6-11-27-30/h3-11,13-15H,1,12,16-18H2,2H3,(H,26,32). The Morgan fingerprint density at radius 1 is 1.12 bits per heavy atom. The number of hydrogen-bond acceptors (Lipinski definition) is 5. The second kappa shape index (κ2) is 10.8. The van der Waals surface area contributed by atoms with Crippen molar-refractivity contribution < 1.29 is 4.79 Å². The number of carbonyl (C=O) groups excluding carboxylic acids is 1. The van der Waals surface area contributed by atoms with Crippen LogP contribution in [-0.4, -0.2) is 30.5 Å². The first-order valence-corrected chi connectivity index (χ1v) is 11.7. The van der Waals surface area contributed by atoms with Gasteiger partial charge in [-0.25, -0.2) is 0 Å². The molecular formula is C25H26N6OS. The summed E-state index contributed by atoms with van der Waals surface area (Å²) in [6, 6.07) is 17.9. The number of nitrogens with one attached hydrogen (secondary N) is 1. The van der Waals surface area contributed by atoms with E-state index in [2.05, 4.69) is 58.4 Å². The highest BCUT2D eigenvalue weighted by atomic mass is 32.2. The fourth-order valence-electron chi connectivity index (χ4n) is 3.47. The van der Waals surface area contributed by atoms with Crippen LogP contribution in [0.1, 0.15) is 32.9 Å². The summed E-state index contributed by atoms with van der Waals surface area (Å²) < 4.78 is 3.81. The van der Waals surface area contributed by atoms with Gasteiger partial charge in [-0.15, -0.1) is 16.8 Å². The highest BCUT2D eigenvalue weighted by molar-refractivity contribution is 7.98. The Hall–Kier alpha value is -3.65. The Morgan fingerprint density at radius 3 is 2.76 bits per heavy atom. The Kier molecular flexibility index (Phi) is 7.36. The maximum Gasteiger partial charge on any atom is 0.251 e. The number of rotatable bonds is 10. The van der Waals surface area contributed by atoms with Crippen LogP contribution in [0.3, 0.4) is 0 Å². The van der Waals surface area contributed by atoms with E-state index in [1.54, 1.807) is 24.0 Å². The number of thioether (sulfide) groups is 1. The molecule has 7 nitrogen and oxygen atoms in total. The molecule has 0 aliphatic heterocycles. The van der Waals surface area contributed by atoms with Gasteiger partial charge in [0.15, 0.2) is 11.0 Å². The Labute approximate surface area is 197 Å². The molecule has 0 aliphatic rings. The maximum absolute atomic E-state index is 12.8. The summed E-state index contributed by atoms with van der Waals surface area (Å²) in [5.41, 5.74) is 4.08. The summed E-state index contributed by atoms with van der Waals surface area (Å²) in [6.07, 6.45) is 5.45. The Balaban J connectivity index is 1.40. The molecule has 0 aliphatic carbocycles. The van der Waals surface area contributed by atoms with Gasteiger partial charge in [-0.3, -0.25) is 9.48 Å². The van der Waals surface area contributed by atoms with Gasteiger partial charge >= 0.3 is 0 Å². The van der Waals surface area contributed by atoms with Crippen molar-refractivity contribution in [3.63, 3.8) is 0 Å². The molecule has 0 atom stereocenters. The van der Waals surface area contributed by atoms with E-state index in [1.807, 2.05) is 45.8 Å². The Morgan fingerprint density at radius 2 is 1.97 bits per heavy atom. The van der Waals surface area contributed by atoms with Crippen LogP contribution in [-0.2, 0) is 25.4 Å². The zero-order chi connectivity index (χ0) is 23.0. The topological polar surface area (TPSA) is 77.6 Å². The van der Waals surface area contributed by atoms with Crippen molar-refractivity contribution in [2.45, 2.75) is 37.5 Å². The molecule has 8 heteroatoms. The SMILES string of the molecule is C=CCn1c(CNC(=O)c2cccc(Cn3cccn3)c2)nnc1SCc1cccc(C)c1. The van der Waals surface area contributed by atoms with E-state index in [1.165, 1.54) is 11.1 Å². The van der Waals surface area contributed by atoms with Gasteiger partial charge in [0.1, 0.15) is 0 Å². The molecule has 4 aromatic rings. The van der Waals surface area contributed by atoms with Crippen LogP contribution in [0.15, 0.2) is 84.8 Å². The van der Waals surface area contributed by atoms with E-state index in [0.717, 1.165) is 16.5 Å². The molecule has 33 heavy (non-hydrogen) atoms. The number of aryl methyl sites for hydroxylation is 1. The molecule has 0 fully saturated rings. The number of benzene rings is 2. The van der Waals surface area contributed by atoms with E-state index in [4.69, 9.17) is 0 Å². The first kappa shape index (κ1) is 22.5. The maximum atomic E-state index is 12.8. The molecule has 0 spiro atoms. The van der Waals surface area contributed by atoms with E-state index >= 15 is 0 Å². The van der Waals surface area contributed by atoms with Crippen molar-refractivity contribution in [2.24, 2.45) is 0 Å². The molecule has 1 N–H and O–H groups in total. The molecule has 0 unspecified atom stereocenters. The quantitative estimate of drug-likeness (QED) is 0.284. The van der Waals surface area contributed by atoms with E-state index < -0.39 is 0 Å². The first-order chi connectivity index (χ1) is 16.1. The van der Waals surface area contributed by atoms with Crippen LogP contribution in [0, 0.1) is 6.92 Å². The summed E-state index contributed by atoms with van der Waals surface area (Å²) in [6.45, 7) is 7.41. The van der Waals surface area contributed by atoms with Gasteiger partial charge in [0.05, 0.1) is 13.1 Å². The number of nitrogens with zero attached hydrogens (tertiary/aromatic N) is 5. The molecular weight excluding hydrogens is 432 g/mol. The highest BCUT2D eigenvalue weighted by Gasteiger charge is 2.14. The van der Waals surface area contributed by atoms with Crippen molar-refractivity contribution in [1.29, 1.82) is 0 Å². The van der Waals surface area contributed by atoms with Gasteiger partial charge < -0.3 is 9.88 Å². The zero-order valence-electron chi connectivity index (χ0n) is 18.5. The van der Waals surface area contributed by atoms with E-state index in [9.17, 15) is 4.79 Å². The lowest BCUT2D eigenvalue weighted by molar-refractivity contribution is 0.0949. The summed E-state index contributed by atoms with van der Waals surface area (Å²) in [5.74, 6) is 1.34. The van der Waals surface area contributed by atoms with Crippen molar-refractivity contribution in [2.75, 3.05) is 0 Å². The molecule has 1 amide bonds. The summed E-state index contributed by atoms with van der Waals surface area (Å²) in [5, 5.41) is 16.7. The summed E-state index contributed by atoms with van der Waals surface area (Å²) >= 11 is 1.62. The lowest BCUT2D eigenvalue weighted by atomic mass is 10.1. The van der Waals surface area contributed by atoms with E-state index in [-0.39, 0.29) is 12.5 Å². The number of carbonyl (C=O) groups is 1. The van der Waals surface area contributed by atoms with Crippen LogP contribution in [0.2, 0.25) is 0 Å². The predicted molar refractivity (Wildman–Crippen MR) is 130 cm³/mol. The molecule has 0 radical (unpaired) electrons. The normalized spacial score (nSPS) is 10.8. The van der Waals surface area contributed by atoms with Crippen LogP contribution in [0.5, 0.6) is 0 Å². The second-order valence-corrected chi connectivity index (χ2v) is 8.61. The largest absolute Gasteiger partial charge is 0.345 e. The monoisotopic (exact) mass is 458 g/mol. The third-order valence-electron chi connectivity index (χ3n) is 5.06. The number of hydrogen-bond donors (Lipinski definition) is 1. The average molecular weight is 459 g/mol. The van der Waals surface area contributed by atoms with Crippen molar-refractivity contribution in [3.8, 4) is 0 Å². The van der Waals surface area contributed by atoms with Gasteiger partial charge in [-0.2, -0.15) is 5.10 Å². The minimum atomic E-state index is -0.153. The molecule has 0 bridgehead atoms. The second-order valence-electron chi connectivity index (χ2n) is 7.66. The first-order valence-electron chi connectivity index (χ1n) is 10.7. The lowest BCUT2D eigenvalue weighted by Crippen LogP contribution is -2.25. The molecule has 168 valence electrons. The van der Waals surface area contributed by atoms with Crippen molar-refractivity contribution >= 4 is 17.7 Å². The molecule has 2 heterocycles.